The fourth-order valence-electron chi connectivity index (χ4n) is 0.670. The molecule has 0 unspecified atom stereocenters. The molecule has 1 N–H and O–H groups in total. The Morgan fingerprint density at radius 1 is 1.54 bits per heavy atom. The first-order valence-corrected chi connectivity index (χ1v) is 4.60. The molecule has 0 bridgehead atoms. The molecule has 0 aromatic rings. The molecule has 0 fully saturated rings. The number of hydrogen-bond donors (Lipinski definition) is 1. The van der Waals surface area contributed by atoms with Crippen LogP contribution in [0.4, 0.5) is 0 Å². The number of hydrogen-bond acceptors (Lipinski definition) is 2. The Labute approximate surface area is 85.4 Å². The summed E-state index contributed by atoms with van der Waals surface area (Å²) in [5, 5.41) is 3.10. The summed E-state index contributed by atoms with van der Waals surface area (Å²) in [6.45, 7) is 11.9. The van der Waals surface area contributed by atoms with Crippen molar-refractivity contribution < 1.29 is 0 Å². The highest BCUT2D eigenvalue weighted by molar-refractivity contribution is 7.80. The van der Waals surface area contributed by atoms with Gasteiger partial charge >= 0.3 is 0 Å². The molecule has 0 amide bonds. The minimum absolute atomic E-state index is 0.366. The van der Waals surface area contributed by atoms with Crippen LogP contribution in [0.1, 0.15) is 13.8 Å². The van der Waals surface area contributed by atoms with Crippen LogP contribution in [0.3, 0.4) is 0 Å². The van der Waals surface area contributed by atoms with Crippen LogP contribution in [0.25, 0.3) is 0 Å². The van der Waals surface area contributed by atoms with Crippen LogP contribution < -0.4 is 5.32 Å². The van der Waals surface area contributed by atoms with E-state index in [1.54, 1.807) is 6.08 Å². The normalized spacial score (nSPS) is 11.2. The fraction of sp³-hybridized carbons (Fsp3) is 0.400. The van der Waals surface area contributed by atoms with E-state index in [2.05, 4.69) is 23.5 Å². The van der Waals surface area contributed by atoms with Gasteiger partial charge in [0.05, 0.1) is 17.2 Å². The van der Waals surface area contributed by atoms with E-state index in [9.17, 15) is 0 Å². The Bertz CT molecular complexity index is 229. The van der Waals surface area contributed by atoms with E-state index in [4.69, 9.17) is 12.2 Å². The van der Waals surface area contributed by atoms with Crippen LogP contribution >= 0.6 is 12.2 Å². The SMILES string of the molecule is C=CN=C(C=C)CNC(=S)C(C)C. The summed E-state index contributed by atoms with van der Waals surface area (Å²) >= 11 is 5.10. The van der Waals surface area contributed by atoms with Gasteiger partial charge in [0, 0.05) is 12.1 Å². The van der Waals surface area contributed by atoms with E-state index < -0.39 is 0 Å². The maximum Gasteiger partial charge on any atom is 0.0782 e. The first-order chi connectivity index (χ1) is 6.11. The summed E-state index contributed by atoms with van der Waals surface area (Å²) in [5.41, 5.74) is 0.845. The van der Waals surface area contributed by atoms with Crippen molar-refractivity contribution in [2.75, 3.05) is 6.54 Å². The zero-order valence-electron chi connectivity index (χ0n) is 8.21. The lowest BCUT2D eigenvalue weighted by molar-refractivity contribution is 0.849. The summed E-state index contributed by atoms with van der Waals surface area (Å²) < 4.78 is 0. The highest BCUT2D eigenvalue weighted by Crippen LogP contribution is 1.93. The molecule has 0 saturated carbocycles. The number of rotatable bonds is 5. The van der Waals surface area contributed by atoms with E-state index in [0.29, 0.717) is 12.5 Å². The largest absolute Gasteiger partial charge is 0.374 e. The van der Waals surface area contributed by atoms with Crippen LogP contribution in [0.2, 0.25) is 0 Å². The Balaban J connectivity index is 3.99. The highest BCUT2D eigenvalue weighted by Gasteiger charge is 2.01. The maximum absolute atomic E-state index is 5.10. The lowest BCUT2D eigenvalue weighted by Crippen LogP contribution is -2.30. The second kappa shape index (κ2) is 6.54. The lowest BCUT2D eigenvalue weighted by Gasteiger charge is -2.09. The predicted octanol–water partition coefficient (Wildman–Crippen LogP) is 2.33. The second-order valence-corrected chi connectivity index (χ2v) is 3.32. The Hall–Kier alpha value is -0.960. The van der Waals surface area contributed by atoms with Crippen molar-refractivity contribution in [3.63, 3.8) is 0 Å². The number of nitrogens with zero attached hydrogens (tertiary/aromatic N) is 1. The molecule has 0 aliphatic carbocycles. The summed E-state index contributed by atoms with van der Waals surface area (Å²) in [6, 6.07) is 0. The van der Waals surface area contributed by atoms with E-state index in [-0.39, 0.29) is 0 Å². The van der Waals surface area contributed by atoms with E-state index in [0.717, 1.165) is 10.7 Å². The summed E-state index contributed by atoms with van der Waals surface area (Å²) in [4.78, 5) is 4.86. The van der Waals surface area contributed by atoms with Gasteiger partial charge in [-0.3, -0.25) is 4.99 Å². The molecular weight excluding hydrogens is 180 g/mol. The lowest BCUT2D eigenvalue weighted by atomic mass is 10.2. The summed E-state index contributed by atoms with van der Waals surface area (Å²) in [6.07, 6.45) is 3.19. The molecule has 0 aromatic heterocycles. The minimum Gasteiger partial charge on any atom is -0.374 e. The molecule has 0 spiro atoms. The van der Waals surface area contributed by atoms with Crippen molar-refractivity contribution in [1.29, 1.82) is 0 Å². The minimum atomic E-state index is 0.366. The predicted molar refractivity (Wildman–Crippen MR) is 63.3 cm³/mol. The molecule has 0 aromatic carbocycles. The molecular formula is C10H16N2S. The smallest absolute Gasteiger partial charge is 0.0782 e. The zero-order valence-corrected chi connectivity index (χ0v) is 9.03. The third kappa shape index (κ3) is 5.31. The first-order valence-electron chi connectivity index (χ1n) is 4.19. The molecule has 13 heavy (non-hydrogen) atoms. The molecule has 0 aliphatic rings. The van der Waals surface area contributed by atoms with Gasteiger partial charge < -0.3 is 5.32 Å². The summed E-state index contributed by atoms with van der Waals surface area (Å²) in [5.74, 6) is 0.366. The van der Waals surface area contributed by atoms with Crippen molar-refractivity contribution in [2.45, 2.75) is 13.8 Å². The monoisotopic (exact) mass is 196 g/mol. The van der Waals surface area contributed by atoms with Crippen molar-refractivity contribution in [3.05, 3.63) is 25.4 Å². The van der Waals surface area contributed by atoms with Gasteiger partial charge in [-0.05, 0) is 6.08 Å². The standard InChI is InChI=1S/C10H16N2S/c1-5-9(11-6-2)7-12-10(13)8(3)4/h5-6,8H,1-2,7H2,3-4H3,(H,12,13). The Kier molecular flexibility index (Phi) is 6.06. The van der Waals surface area contributed by atoms with Crippen LogP contribution in [-0.4, -0.2) is 17.2 Å². The molecule has 0 heterocycles. The molecule has 0 aliphatic heterocycles. The topological polar surface area (TPSA) is 24.4 Å². The van der Waals surface area contributed by atoms with Crippen molar-refractivity contribution >= 4 is 22.9 Å². The third-order valence-electron chi connectivity index (χ3n) is 1.46. The molecule has 0 radical (unpaired) electrons. The quantitative estimate of drug-likeness (QED) is 0.539. The number of thiocarbonyl (C=S) groups is 1. The number of nitrogens with one attached hydrogen (secondary N) is 1. The van der Waals surface area contributed by atoms with Gasteiger partial charge in [0.15, 0.2) is 0 Å². The Morgan fingerprint density at radius 2 is 2.15 bits per heavy atom. The van der Waals surface area contributed by atoms with Gasteiger partial charge in [-0.25, -0.2) is 0 Å². The molecule has 0 rings (SSSR count). The first kappa shape index (κ1) is 12.0. The average Bonchev–Trinajstić information content (AvgIpc) is 2.11. The van der Waals surface area contributed by atoms with E-state index in [1.807, 2.05) is 13.8 Å². The van der Waals surface area contributed by atoms with Crippen LogP contribution in [0.15, 0.2) is 30.4 Å². The van der Waals surface area contributed by atoms with E-state index in [1.165, 1.54) is 6.20 Å². The third-order valence-corrected chi connectivity index (χ3v) is 2.08. The van der Waals surface area contributed by atoms with Crippen molar-refractivity contribution in [2.24, 2.45) is 10.9 Å². The van der Waals surface area contributed by atoms with Crippen molar-refractivity contribution in [1.82, 2.24) is 5.32 Å². The van der Waals surface area contributed by atoms with Gasteiger partial charge in [-0.15, -0.1) is 0 Å². The van der Waals surface area contributed by atoms with E-state index >= 15 is 0 Å². The van der Waals surface area contributed by atoms with Gasteiger partial charge in [-0.2, -0.15) is 0 Å². The van der Waals surface area contributed by atoms with Gasteiger partial charge in [0.2, 0.25) is 0 Å². The average molecular weight is 196 g/mol. The van der Waals surface area contributed by atoms with Crippen molar-refractivity contribution in [3.8, 4) is 0 Å². The fourth-order valence-corrected chi connectivity index (χ4v) is 0.742. The Morgan fingerprint density at radius 3 is 2.54 bits per heavy atom. The van der Waals surface area contributed by atoms with Gasteiger partial charge in [0.1, 0.15) is 0 Å². The molecule has 0 saturated heterocycles. The van der Waals surface area contributed by atoms with Gasteiger partial charge in [-0.1, -0.05) is 39.2 Å². The number of aliphatic imine (C=N–C) groups is 1. The highest BCUT2D eigenvalue weighted by atomic mass is 32.1. The molecule has 3 heteroatoms. The molecule has 2 nitrogen and oxygen atoms in total. The summed E-state index contributed by atoms with van der Waals surface area (Å²) in [7, 11) is 0. The molecule has 72 valence electrons. The zero-order chi connectivity index (χ0) is 10.3. The van der Waals surface area contributed by atoms with Crippen LogP contribution in [0, 0.1) is 5.92 Å². The van der Waals surface area contributed by atoms with Gasteiger partial charge in [0.25, 0.3) is 0 Å². The second-order valence-electron chi connectivity index (χ2n) is 2.88. The van der Waals surface area contributed by atoms with Crippen LogP contribution in [0.5, 0.6) is 0 Å². The molecule has 0 atom stereocenters. The maximum atomic E-state index is 5.10. The van der Waals surface area contributed by atoms with Crippen LogP contribution in [-0.2, 0) is 0 Å².